The number of terminal acetylenes is 1. The van der Waals surface area contributed by atoms with Gasteiger partial charge in [0.05, 0.1) is 24.9 Å². The first-order chi connectivity index (χ1) is 10.7. The molecular formula is C18H18N2O2. The summed E-state index contributed by atoms with van der Waals surface area (Å²) in [6.45, 7) is 2.97. The quantitative estimate of drug-likeness (QED) is 0.882. The van der Waals surface area contributed by atoms with Crippen LogP contribution in [-0.2, 0) is 13.0 Å². The maximum Gasteiger partial charge on any atom is 0.255 e. The molecule has 0 radical (unpaired) electrons. The van der Waals surface area contributed by atoms with Crippen LogP contribution in [0.3, 0.4) is 0 Å². The van der Waals surface area contributed by atoms with E-state index in [0.29, 0.717) is 23.9 Å². The van der Waals surface area contributed by atoms with E-state index in [4.69, 9.17) is 10.8 Å². The van der Waals surface area contributed by atoms with E-state index in [1.165, 1.54) is 11.3 Å². The molecule has 1 aliphatic heterocycles. The highest BCUT2D eigenvalue weighted by Gasteiger charge is 2.27. The van der Waals surface area contributed by atoms with Crippen LogP contribution in [0.2, 0.25) is 0 Å². The number of rotatable bonds is 4. The lowest BCUT2D eigenvalue weighted by Gasteiger charge is -2.24. The van der Waals surface area contributed by atoms with Crippen molar-refractivity contribution >= 4 is 11.6 Å². The molecule has 0 aliphatic carbocycles. The van der Waals surface area contributed by atoms with E-state index >= 15 is 0 Å². The SMILES string of the molecule is C#CCNC(=O)c1ccoc1CN1c2ccccc2C[C@@H]1C. The number of carbonyl (C=O) groups excluding carboxylic acids is 1. The Morgan fingerprint density at radius 1 is 1.45 bits per heavy atom. The van der Waals surface area contributed by atoms with E-state index in [-0.39, 0.29) is 12.5 Å². The van der Waals surface area contributed by atoms with Gasteiger partial charge in [-0.15, -0.1) is 6.42 Å². The van der Waals surface area contributed by atoms with Gasteiger partial charge in [0.2, 0.25) is 0 Å². The minimum absolute atomic E-state index is 0.193. The molecule has 0 bridgehead atoms. The second kappa shape index (κ2) is 5.98. The predicted molar refractivity (Wildman–Crippen MR) is 85.7 cm³/mol. The van der Waals surface area contributed by atoms with Crippen molar-refractivity contribution in [2.45, 2.75) is 25.9 Å². The molecule has 1 aromatic heterocycles. The Hall–Kier alpha value is -2.67. The lowest BCUT2D eigenvalue weighted by Crippen LogP contribution is -2.30. The van der Waals surface area contributed by atoms with Crippen LogP contribution in [0.1, 0.15) is 28.6 Å². The Labute approximate surface area is 130 Å². The van der Waals surface area contributed by atoms with Gasteiger partial charge in [0, 0.05) is 11.7 Å². The van der Waals surface area contributed by atoms with Gasteiger partial charge in [-0.25, -0.2) is 0 Å². The summed E-state index contributed by atoms with van der Waals surface area (Å²) >= 11 is 0. The van der Waals surface area contributed by atoms with Gasteiger partial charge in [-0.2, -0.15) is 0 Å². The second-order valence-corrected chi connectivity index (χ2v) is 5.45. The highest BCUT2D eigenvalue weighted by molar-refractivity contribution is 5.95. The number of hydrogen-bond acceptors (Lipinski definition) is 3. The molecule has 1 aliphatic rings. The van der Waals surface area contributed by atoms with E-state index < -0.39 is 0 Å². The standard InChI is InChI=1S/C18H18N2O2/c1-3-9-19-18(21)15-8-10-22-17(15)12-20-13(2)11-14-6-4-5-7-16(14)20/h1,4-8,10,13H,9,11-12H2,2H3,(H,19,21)/t13-/m0/s1. The zero-order chi connectivity index (χ0) is 15.5. The van der Waals surface area contributed by atoms with E-state index in [9.17, 15) is 4.79 Å². The Morgan fingerprint density at radius 2 is 2.27 bits per heavy atom. The largest absolute Gasteiger partial charge is 0.467 e. The number of fused-ring (bicyclic) bond motifs is 1. The third kappa shape index (κ3) is 2.58. The van der Waals surface area contributed by atoms with Crippen molar-refractivity contribution in [1.82, 2.24) is 5.32 Å². The van der Waals surface area contributed by atoms with Gasteiger partial charge < -0.3 is 14.6 Å². The van der Waals surface area contributed by atoms with Crippen LogP contribution in [-0.4, -0.2) is 18.5 Å². The fourth-order valence-electron chi connectivity index (χ4n) is 2.92. The van der Waals surface area contributed by atoms with E-state index in [1.54, 1.807) is 12.3 Å². The number of carbonyl (C=O) groups is 1. The summed E-state index contributed by atoms with van der Waals surface area (Å²) in [5.41, 5.74) is 3.09. The summed E-state index contributed by atoms with van der Waals surface area (Å²) in [6.07, 6.45) is 7.73. The maximum atomic E-state index is 12.1. The van der Waals surface area contributed by atoms with Gasteiger partial charge in [-0.1, -0.05) is 24.1 Å². The Bertz CT molecular complexity index is 727. The molecule has 4 heteroatoms. The molecule has 112 valence electrons. The number of nitrogens with one attached hydrogen (secondary N) is 1. The molecule has 0 saturated heterocycles. The van der Waals surface area contributed by atoms with Crippen molar-refractivity contribution < 1.29 is 9.21 Å². The van der Waals surface area contributed by atoms with Crippen LogP contribution < -0.4 is 10.2 Å². The van der Waals surface area contributed by atoms with Crippen LogP contribution in [0.5, 0.6) is 0 Å². The highest BCUT2D eigenvalue weighted by atomic mass is 16.3. The summed E-state index contributed by atoms with van der Waals surface area (Å²) in [7, 11) is 0. The normalized spacial score (nSPS) is 16.2. The molecule has 3 rings (SSSR count). The van der Waals surface area contributed by atoms with Gasteiger partial charge >= 0.3 is 0 Å². The molecule has 2 aromatic rings. The van der Waals surface area contributed by atoms with Crippen molar-refractivity contribution in [2.75, 3.05) is 11.4 Å². The molecule has 22 heavy (non-hydrogen) atoms. The number of benzene rings is 1. The molecule has 0 fully saturated rings. The topological polar surface area (TPSA) is 45.5 Å². The third-order valence-electron chi connectivity index (χ3n) is 4.00. The molecule has 1 N–H and O–H groups in total. The summed E-state index contributed by atoms with van der Waals surface area (Å²) in [5, 5.41) is 2.68. The fraction of sp³-hybridized carbons (Fsp3) is 0.278. The van der Waals surface area contributed by atoms with E-state index in [2.05, 4.69) is 41.3 Å². The molecule has 0 unspecified atom stereocenters. The van der Waals surface area contributed by atoms with Crippen molar-refractivity contribution in [3.05, 3.63) is 53.5 Å². The van der Waals surface area contributed by atoms with Crippen LogP contribution in [0, 0.1) is 12.3 Å². The average molecular weight is 294 g/mol. The smallest absolute Gasteiger partial charge is 0.255 e. The third-order valence-corrected chi connectivity index (χ3v) is 4.00. The maximum absolute atomic E-state index is 12.1. The lowest BCUT2D eigenvalue weighted by molar-refractivity contribution is 0.0956. The number of hydrogen-bond donors (Lipinski definition) is 1. The molecule has 1 aromatic carbocycles. The molecule has 1 atom stereocenters. The zero-order valence-electron chi connectivity index (χ0n) is 12.5. The van der Waals surface area contributed by atoms with Gasteiger partial charge in [0.25, 0.3) is 5.91 Å². The van der Waals surface area contributed by atoms with Crippen molar-refractivity contribution in [3.63, 3.8) is 0 Å². The van der Waals surface area contributed by atoms with Crippen LogP contribution >= 0.6 is 0 Å². The van der Waals surface area contributed by atoms with Gasteiger partial charge in [0.15, 0.2) is 0 Å². The monoisotopic (exact) mass is 294 g/mol. The first kappa shape index (κ1) is 14.3. The number of furan rings is 1. The molecule has 0 saturated carbocycles. The number of nitrogens with zero attached hydrogens (tertiary/aromatic N) is 1. The molecule has 4 nitrogen and oxygen atoms in total. The average Bonchev–Trinajstić information content (AvgIpc) is 3.10. The fourth-order valence-corrected chi connectivity index (χ4v) is 2.92. The molecule has 2 heterocycles. The number of para-hydroxylation sites is 1. The van der Waals surface area contributed by atoms with Crippen LogP contribution in [0.25, 0.3) is 0 Å². The van der Waals surface area contributed by atoms with Gasteiger partial charge in [-0.05, 0) is 31.0 Å². The predicted octanol–water partition coefficient (Wildman–Crippen LogP) is 2.59. The van der Waals surface area contributed by atoms with E-state index in [0.717, 1.165) is 6.42 Å². The minimum Gasteiger partial charge on any atom is -0.467 e. The van der Waals surface area contributed by atoms with Gasteiger partial charge in [0.1, 0.15) is 5.76 Å². The van der Waals surface area contributed by atoms with Crippen molar-refractivity contribution in [1.29, 1.82) is 0 Å². The zero-order valence-corrected chi connectivity index (χ0v) is 12.5. The second-order valence-electron chi connectivity index (χ2n) is 5.45. The number of anilines is 1. The molecule has 0 spiro atoms. The molecular weight excluding hydrogens is 276 g/mol. The summed E-state index contributed by atoms with van der Waals surface area (Å²) in [4.78, 5) is 14.4. The Kier molecular flexibility index (Phi) is 3.88. The number of amides is 1. The summed E-state index contributed by atoms with van der Waals surface area (Å²) in [6, 6.07) is 10.4. The first-order valence-corrected chi connectivity index (χ1v) is 7.33. The molecule has 1 amide bonds. The van der Waals surface area contributed by atoms with Crippen LogP contribution in [0.4, 0.5) is 5.69 Å². The Morgan fingerprint density at radius 3 is 3.09 bits per heavy atom. The minimum atomic E-state index is -0.193. The first-order valence-electron chi connectivity index (χ1n) is 7.33. The summed E-state index contributed by atoms with van der Waals surface area (Å²) in [5.74, 6) is 2.87. The highest BCUT2D eigenvalue weighted by Crippen LogP contribution is 2.33. The van der Waals surface area contributed by atoms with Gasteiger partial charge in [-0.3, -0.25) is 4.79 Å². The van der Waals surface area contributed by atoms with E-state index in [1.807, 2.05) is 6.07 Å². The van der Waals surface area contributed by atoms with Crippen molar-refractivity contribution in [3.8, 4) is 12.3 Å². The lowest BCUT2D eigenvalue weighted by atomic mass is 10.1. The van der Waals surface area contributed by atoms with Crippen molar-refractivity contribution in [2.24, 2.45) is 0 Å². The summed E-state index contributed by atoms with van der Waals surface area (Å²) < 4.78 is 5.54. The van der Waals surface area contributed by atoms with Crippen LogP contribution in [0.15, 0.2) is 41.0 Å². The Balaban J connectivity index is 1.82.